The summed E-state index contributed by atoms with van der Waals surface area (Å²) in [7, 11) is 0. The number of nitrogens with two attached hydrogens (primary N) is 1. The van der Waals surface area contributed by atoms with Gasteiger partial charge in [-0.2, -0.15) is 0 Å². The lowest BCUT2D eigenvalue weighted by molar-refractivity contribution is -0.128. The predicted octanol–water partition coefficient (Wildman–Crippen LogP) is 3.43. The van der Waals surface area contributed by atoms with E-state index in [2.05, 4.69) is 31.2 Å². The zero-order valence-electron chi connectivity index (χ0n) is 16.3. The first kappa shape index (κ1) is 17.5. The van der Waals surface area contributed by atoms with E-state index in [1.165, 1.54) is 16.7 Å². The molecule has 0 bridgehead atoms. The standard InChI is InChI=1S/C24H26N2O2/c1-16-19-5-3-2-4-18(19)13-20(16)23(27)26-10-8-24(9-11-26)15-28-22-7-6-17(14-25)12-21(22)24/h2-7,12H,8-11,13-15,25H2,1H3. The summed E-state index contributed by atoms with van der Waals surface area (Å²) in [5.74, 6) is 1.19. The van der Waals surface area contributed by atoms with Crippen molar-refractivity contribution in [3.8, 4) is 5.75 Å². The van der Waals surface area contributed by atoms with Gasteiger partial charge in [0.1, 0.15) is 5.75 Å². The lowest BCUT2D eigenvalue weighted by Crippen LogP contribution is -2.46. The molecule has 3 aliphatic rings. The van der Waals surface area contributed by atoms with Crippen molar-refractivity contribution in [1.29, 1.82) is 0 Å². The SMILES string of the molecule is CC1=C(C(=O)N2CCC3(CC2)COc2ccc(CN)cc23)Cc2ccccc21. The summed E-state index contributed by atoms with van der Waals surface area (Å²) < 4.78 is 5.99. The Balaban J connectivity index is 1.34. The summed E-state index contributed by atoms with van der Waals surface area (Å²) in [4.78, 5) is 15.3. The number of hydrogen-bond donors (Lipinski definition) is 1. The van der Waals surface area contributed by atoms with Crippen LogP contribution in [-0.4, -0.2) is 30.5 Å². The minimum Gasteiger partial charge on any atom is -0.492 e. The smallest absolute Gasteiger partial charge is 0.250 e. The van der Waals surface area contributed by atoms with Gasteiger partial charge < -0.3 is 15.4 Å². The second-order valence-electron chi connectivity index (χ2n) is 8.33. The van der Waals surface area contributed by atoms with Crippen molar-refractivity contribution in [2.45, 2.75) is 38.1 Å². The molecule has 2 N–H and O–H groups in total. The monoisotopic (exact) mass is 374 g/mol. The first-order chi connectivity index (χ1) is 13.6. The topological polar surface area (TPSA) is 55.6 Å². The van der Waals surface area contributed by atoms with E-state index >= 15 is 0 Å². The van der Waals surface area contributed by atoms with Crippen molar-refractivity contribution in [1.82, 2.24) is 4.90 Å². The molecule has 1 amide bonds. The van der Waals surface area contributed by atoms with Gasteiger partial charge in [-0.15, -0.1) is 0 Å². The van der Waals surface area contributed by atoms with Crippen molar-refractivity contribution in [3.05, 3.63) is 70.3 Å². The highest BCUT2D eigenvalue weighted by Gasteiger charge is 2.44. The maximum atomic E-state index is 13.2. The third-order valence-electron chi connectivity index (χ3n) is 6.86. The van der Waals surface area contributed by atoms with Crippen LogP contribution in [0.2, 0.25) is 0 Å². The molecule has 4 nitrogen and oxygen atoms in total. The Kier molecular flexibility index (Phi) is 4.06. The molecule has 1 saturated heterocycles. The number of rotatable bonds is 2. The molecule has 0 atom stereocenters. The summed E-state index contributed by atoms with van der Waals surface area (Å²) >= 11 is 0. The quantitative estimate of drug-likeness (QED) is 0.876. The Labute approximate surface area is 166 Å². The van der Waals surface area contributed by atoms with Crippen molar-refractivity contribution in [3.63, 3.8) is 0 Å². The van der Waals surface area contributed by atoms with E-state index in [9.17, 15) is 4.79 Å². The van der Waals surface area contributed by atoms with E-state index < -0.39 is 0 Å². The van der Waals surface area contributed by atoms with Crippen LogP contribution < -0.4 is 10.5 Å². The average molecular weight is 374 g/mol. The second-order valence-corrected chi connectivity index (χ2v) is 8.33. The van der Waals surface area contributed by atoms with E-state index in [0.29, 0.717) is 13.2 Å². The van der Waals surface area contributed by atoms with Gasteiger partial charge in [-0.05, 0) is 48.1 Å². The highest BCUT2D eigenvalue weighted by Crippen LogP contribution is 2.46. The molecule has 1 spiro atoms. The van der Waals surface area contributed by atoms with E-state index in [0.717, 1.165) is 54.8 Å². The summed E-state index contributed by atoms with van der Waals surface area (Å²) in [5, 5.41) is 0. The number of fused-ring (bicyclic) bond motifs is 3. The third kappa shape index (κ3) is 2.59. The molecule has 0 unspecified atom stereocenters. The Bertz CT molecular complexity index is 984. The van der Waals surface area contributed by atoms with Gasteiger partial charge in [-0.1, -0.05) is 36.4 Å². The molecule has 5 rings (SSSR count). The predicted molar refractivity (Wildman–Crippen MR) is 110 cm³/mol. The highest BCUT2D eigenvalue weighted by atomic mass is 16.5. The number of amides is 1. The number of allylic oxidation sites excluding steroid dienone is 1. The van der Waals surface area contributed by atoms with E-state index in [-0.39, 0.29) is 11.3 Å². The molecule has 2 aromatic rings. The van der Waals surface area contributed by atoms with Gasteiger partial charge in [0.15, 0.2) is 0 Å². The molecule has 4 heteroatoms. The minimum atomic E-state index is 0.0271. The van der Waals surface area contributed by atoms with E-state index in [4.69, 9.17) is 10.5 Å². The lowest BCUT2D eigenvalue weighted by atomic mass is 9.74. The number of benzene rings is 2. The number of carbonyl (C=O) groups is 1. The Morgan fingerprint density at radius 2 is 1.96 bits per heavy atom. The van der Waals surface area contributed by atoms with Gasteiger partial charge in [0.05, 0.1) is 6.61 Å². The zero-order chi connectivity index (χ0) is 19.3. The van der Waals surface area contributed by atoms with Crippen LogP contribution in [0.5, 0.6) is 5.75 Å². The van der Waals surface area contributed by atoms with E-state index in [1.54, 1.807) is 0 Å². The van der Waals surface area contributed by atoms with Crippen LogP contribution >= 0.6 is 0 Å². The molecule has 0 aromatic heterocycles. The number of piperidine rings is 1. The number of hydrogen-bond acceptors (Lipinski definition) is 3. The van der Waals surface area contributed by atoms with Crippen molar-refractivity contribution < 1.29 is 9.53 Å². The fourth-order valence-corrected chi connectivity index (χ4v) is 5.04. The number of ether oxygens (including phenoxy) is 1. The normalized spacial score (nSPS) is 19.6. The number of nitrogens with zero attached hydrogens (tertiary/aromatic N) is 1. The largest absolute Gasteiger partial charge is 0.492 e. The third-order valence-corrected chi connectivity index (χ3v) is 6.86. The average Bonchev–Trinajstić information content (AvgIpc) is 3.26. The molecule has 2 heterocycles. The molecule has 0 radical (unpaired) electrons. The first-order valence-corrected chi connectivity index (χ1v) is 10.1. The summed E-state index contributed by atoms with van der Waals surface area (Å²) in [6.45, 7) is 4.90. The van der Waals surface area contributed by atoms with Gasteiger partial charge in [-0.3, -0.25) is 4.79 Å². The molecular formula is C24H26N2O2. The zero-order valence-corrected chi connectivity index (χ0v) is 16.3. The van der Waals surface area contributed by atoms with Gasteiger partial charge in [0.25, 0.3) is 0 Å². The first-order valence-electron chi connectivity index (χ1n) is 10.1. The molecular weight excluding hydrogens is 348 g/mol. The van der Waals surface area contributed by atoms with Crippen LogP contribution in [0.3, 0.4) is 0 Å². The summed E-state index contributed by atoms with van der Waals surface area (Å²) in [6, 6.07) is 14.7. The Hall–Kier alpha value is -2.59. The molecule has 2 aromatic carbocycles. The molecule has 0 saturated carbocycles. The maximum absolute atomic E-state index is 13.2. The van der Waals surface area contributed by atoms with Crippen LogP contribution in [0, 0.1) is 0 Å². The highest BCUT2D eigenvalue weighted by molar-refractivity contribution is 6.03. The number of carbonyl (C=O) groups excluding carboxylic acids is 1. The van der Waals surface area contributed by atoms with Crippen LogP contribution in [0.4, 0.5) is 0 Å². The number of likely N-dealkylation sites (tertiary alicyclic amines) is 1. The Morgan fingerprint density at radius 1 is 1.18 bits per heavy atom. The van der Waals surface area contributed by atoms with Crippen LogP contribution in [0.25, 0.3) is 5.57 Å². The molecule has 144 valence electrons. The molecule has 1 fully saturated rings. The summed E-state index contributed by atoms with van der Waals surface area (Å²) in [5.41, 5.74) is 12.9. The van der Waals surface area contributed by atoms with Crippen LogP contribution in [-0.2, 0) is 23.2 Å². The maximum Gasteiger partial charge on any atom is 0.250 e. The van der Waals surface area contributed by atoms with Crippen LogP contribution in [0.1, 0.15) is 42.0 Å². The lowest BCUT2D eigenvalue weighted by Gasteiger charge is -2.39. The fraction of sp³-hybridized carbons (Fsp3) is 0.375. The molecule has 1 aliphatic carbocycles. The fourth-order valence-electron chi connectivity index (χ4n) is 5.04. The Morgan fingerprint density at radius 3 is 2.71 bits per heavy atom. The van der Waals surface area contributed by atoms with Crippen molar-refractivity contribution in [2.75, 3.05) is 19.7 Å². The molecule has 2 aliphatic heterocycles. The van der Waals surface area contributed by atoms with Crippen molar-refractivity contribution in [2.24, 2.45) is 5.73 Å². The summed E-state index contributed by atoms with van der Waals surface area (Å²) in [6.07, 6.45) is 2.65. The molecule has 28 heavy (non-hydrogen) atoms. The van der Waals surface area contributed by atoms with Gasteiger partial charge in [0, 0.05) is 42.6 Å². The van der Waals surface area contributed by atoms with E-state index in [1.807, 2.05) is 23.1 Å². The van der Waals surface area contributed by atoms with Crippen molar-refractivity contribution >= 4 is 11.5 Å². The van der Waals surface area contributed by atoms with Gasteiger partial charge in [-0.25, -0.2) is 0 Å². The van der Waals surface area contributed by atoms with Gasteiger partial charge in [0.2, 0.25) is 5.91 Å². The minimum absolute atomic E-state index is 0.0271. The van der Waals surface area contributed by atoms with Gasteiger partial charge >= 0.3 is 0 Å². The van der Waals surface area contributed by atoms with Crippen LogP contribution in [0.15, 0.2) is 48.0 Å². The second kappa shape index (κ2) is 6.49.